The van der Waals surface area contributed by atoms with Crippen LogP contribution in [0.15, 0.2) is 103 Å². The summed E-state index contributed by atoms with van der Waals surface area (Å²) in [5.74, 6) is -3.55. The van der Waals surface area contributed by atoms with E-state index in [1.54, 1.807) is 115 Å². The fourth-order valence-electron chi connectivity index (χ4n) is 9.98. The lowest BCUT2D eigenvalue weighted by Crippen LogP contribution is -2.21. The minimum absolute atomic E-state index is 0.00326. The van der Waals surface area contributed by atoms with E-state index in [9.17, 15) is 63.8 Å². The molecule has 0 amide bonds. The number of benzene rings is 4. The molecule has 4 heterocycles. The molecular weight excluding hydrogens is 1280 g/mol. The van der Waals surface area contributed by atoms with Crippen molar-refractivity contribution >= 4 is 70.3 Å². The van der Waals surface area contributed by atoms with Crippen molar-refractivity contribution in [1.29, 1.82) is 0 Å². The summed E-state index contributed by atoms with van der Waals surface area (Å²) in [7, 11) is 0. The molecule has 90 heavy (non-hydrogen) atoms. The molecule has 4 aromatic heterocycles. The molecule has 0 aliphatic carbocycles. The third-order valence-corrected chi connectivity index (χ3v) is 14.4. The summed E-state index contributed by atoms with van der Waals surface area (Å²) in [6.07, 6.45) is -12.0. The van der Waals surface area contributed by atoms with Crippen LogP contribution >= 0.6 is 46.4 Å². The predicted octanol–water partition coefficient (Wildman–Crippen LogP) is 20.1. The Kier molecular flexibility index (Phi) is 25.2. The number of alkyl halides is 9. The molecule has 0 saturated heterocycles. The maximum absolute atomic E-state index is 13.8. The van der Waals surface area contributed by atoms with E-state index in [0.29, 0.717) is 49.1 Å². The Bertz CT molecular complexity index is 3790. The summed E-state index contributed by atoms with van der Waals surface area (Å²) in [6.45, 7) is 18.5. The van der Waals surface area contributed by atoms with Gasteiger partial charge in [-0.3, -0.25) is 0 Å². The zero-order chi connectivity index (χ0) is 67.5. The first-order valence-corrected chi connectivity index (χ1v) is 29.4. The zero-order valence-electron chi connectivity index (χ0n) is 50.6. The van der Waals surface area contributed by atoms with Gasteiger partial charge in [0, 0.05) is 61.6 Å². The van der Waals surface area contributed by atoms with E-state index in [0.717, 1.165) is 25.8 Å². The first-order valence-electron chi connectivity index (χ1n) is 27.9. The Morgan fingerprint density at radius 2 is 0.789 bits per heavy atom. The number of esters is 3. The van der Waals surface area contributed by atoms with E-state index >= 15 is 0 Å². The van der Waals surface area contributed by atoms with Crippen LogP contribution in [0.2, 0.25) is 20.1 Å². The fourth-order valence-corrected chi connectivity index (χ4v) is 10.5. The molecule has 8 rings (SSSR count). The molecule has 12 nitrogen and oxygen atoms in total. The van der Waals surface area contributed by atoms with Gasteiger partial charge in [-0.15, -0.1) is 0 Å². The van der Waals surface area contributed by atoms with Gasteiger partial charge in [0.15, 0.2) is 0 Å². The highest BCUT2D eigenvalue weighted by molar-refractivity contribution is 6.31. The molecule has 0 saturated carbocycles. The molecule has 0 bridgehead atoms. The minimum atomic E-state index is -4.64. The molecule has 0 atom stereocenters. The number of carbonyl (C=O) groups excluding carboxylic acids is 3. The maximum atomic E-state index is 13.8. The Labute approximate surface area is 534 Å². The number of H-pyrrole nitrogens is 2. The van der Waals surface area contributed by atoms with Gasteiger partial charge in [-0.1, -0.05) is 123 Å². The van der Waals surface area contributed by atoms with Crippen LogP contribution in [0.4, 0.5) is 39.5 Å². The molecule has 0 unspecified atom stereocenters. The van der Waals surface area contributed by atoms with Crippen molar-refractivity contribution in [2.75, 3.05) is 19.8 Å². The van der Waals surface area contributed by atoms with Crippen LogP contribution in [-0.2, 0) is 45.8 Å². The van der Waals surface area contributed by atoms with Gasteiger partial charge in [-0.05, 0) is 153 Å². The van der Waals surface area contributed by atoms with E-state index < -0.39 is 53.5 Å². The molecule has 0 aliphatic heterocycles. The number of aromatic amines is 2. The maximum Gasteiger partial charge on any atom is 0.431 e. The second-order valence-electron chi connectivity index (χ2n) is 21.0. The Balaban J connectivity index is 0.000000220. The largest absolute Gasteiger partial charge is 0.477 e. The highest BCUT2D eigenvalue weighted by Crippen LogP contribution is 2.44. The van der Waals surface area contributed by atoms with E-state index in [1.807, 2.05) is 19.1 Å². The van der Waals surface area contributed by atoms with Gasteiger partial charge in [0.05, 0.1) is 19.8 Å². The van der Waals surface area contributed by atoms with Gasteiger partial charge in [-0.25, -0.2) is 19.2 Å². The molecule has 8 aromatic rings. The summed E-state index contributed by atoms with van der Waals surface area (Å²) in [6, 6.07) is 26.1. The molecule has 3 N–H and O–H groups in total. The highest BCUT2D eigenvalue weighted by atomic mass is 35.5. The van der Waals surface area contributed by atoms with Crippen LogP contribution in [0, 0.1) is 39.5 Å². The SMILES string of the molecule is CCOC(=O)c1[nH]c(C(F)(F)F)c(C)c1-c1ccc(Cl)cc1.CCOC(=O)c1[nH]cc(C)c1-c1ccc(Cl)cc1.CCOC(=O)c1c(-c2ccc(Cl)cc2)c(C)c(C(F)(F)F)n1CC(C)C.Cc1c(-c2ccc(Cl)cc2)c(C(=O)O)n(CC(C)C)c1C(F)(F)F. The number of carboxylic acid groups (broad SMARTS) is 1. The smallest absolute Gasteiger partial charge is 0.431 e. The molecule has 25 heteroatoms. The molecule has 4 aromatic carbocycles. The summed E-state index contributed by atoms with van der Waals surface area (Å²) in [4.78, 5) is 53.2. The third kappa shape index (κ3) is 17.9. The summed E-state index contributed by atoms with van der Waals surface area (Å²) < 4.78 is 138. The Morgan fingerprint density at radius 1 is 0.467 bits per heavy atom. The zero-order valence-corrected chi connectivity index (χ0v) is 53.6. The standard InChI is InChI=1S/C19H21ClF3NO2.C17H17ClF3NO2.C15H13ClF3NO2.C14H14ClNO2/c1-5-26-18(25)16-15(13-6-8-14(20)9-7-13)12(4)17(19(21,22)23)24(16)10-11(2)3;1-9(2)8-22-14(16(23)24)13(10(3)15(22)17(19,20)21)11-4-6-12(18)7-5-11;1-3-22-14(21)12-11(9-4-6-10(16)7-5-9)8(2)13(20-12)15(17,18)19;1-3-18-14(17)13-12(9(2)8-16-13)10-4-6-11(15)7-5-10/h6-9,11H,5,10H2,1-4H3;4-7,9H,8H2,1-3H3,(H,23,24);4-7,20H,3H2,1-2H3;4-8,16H,3H2,1-2H3. The number of carboxylic acids is 1. The quantitative estimate of drug-likeness (QED) is 0.0520. The summed E-state index contributed by atoms with van der Waals surface area (Å²) >= 11 is 23.4. The van der Waals surface area contributed by atoms with Gasteiger partial charge in [-0.2, -0.15) is 39.5 Å². The number of carbonyl (C=O) groups is 4. The molecule has 0 fully saturated rings. The van der Waals surface area contributed by atoms with Gasteiger partial charge in [0.25, 0.3) is 0 Å². The summed E-state index contributed by atoms with van der Waals surface area (Å²) in [5, 5.41) is 11.6. The fraction of sp³-hybridized carbons (Fsp3) is 0.323. The molecule has 0 aliphatic rings. The van der Waals surface area contributed by atoms with Gasteiger partial charge in [0.1, 0.15) is 39.9 Å². The van der Waals surface area contributed by atoms with Crippen molar-refractivity contribution in [3.8, 4) is 44.5 Å². The normalized spacial score (nSPS) is 11.5. The van der Waals surface area contributed by atoms with E-state index in [4.69, 9.17) is 60.6 Å². The van der Waals surface area contributed by atoms with Gasteiger partial charge in [0.2, 0.25) is 0 Å². The number of nitrogens with zero attached hydrogens (tertiary/aromatic N) is 2. The molecule has 0 spiro atoms. The van der Waals surface area contributed by atoms with Crippen molar-refractivity contribution < 1.29 is 78.0 Å². The van der Waals surface area contributed by atoms with E-state index in [-0.39, 0.29) is 94.6 Å². The lowest BCUT2D eigenvalue weighted by Gasteiger charge is -2.17. The van der Waals surface area contributed by atoms with Crippen LogP contribution in [-0.4, -0.2) is 67.9 Å². The lowest BCUT2D eigenvalue weighted by molar-refractivity contribution is -0.145. The van der Waals surface area contributed by atoms with Gasteiger partial charge < -0.3 is 38.4 Å². The monoisotopic (exact) mass is 1340 g/mol. The highest BCUT2D eigenvalue weighted by Gasteiger charge is 2.43. The Hall–Kier alpha value is -7.59. The van der Waals surface area contributed by atoms with E-state index in [1.165, 1.54) is 45.0 Å². The Morgan fingerprint density at radius 3 is 1.12 bits per heavy atom. The van der Waals surface area contributed by atoms with Crippen molar-refractivity contribution in [1.82, 2.24) is 19.1 Å². The number of nitrogens with one attached hydrogen (secondary N) is 2. The minimum Gasteiger partial charge on any atom is -0.477 e. The lowest BCUT2D eigenvalue weighted by atomic mass is 10.0. The molecular formula is C65H65Cl4F9N4O8. The average molecular weight is 1340 g/mol. The number of ether oxygens (including phenoxy) is 3. The first-order chi connectivity index (χ1) is 42.0. The average Bonchev–Trinajstić information content (AvgIpc) is 1.62. The van der Waals surface area contributed by atoms with Crippen molar-refractivity contribution in [2.45, 2.75) is 108 Å². The number of aromatic nitrogens is 4. The number of hydrogen-bond acceptors (Lipinski definition) is 7. The van der Waals surface area contributed by atoms with E-state index in [2.05, 4.69) is 9.97 Å². The summed E-state index contributed by atoms with van der Waals surface area (Å²) in [5.41, 5.74) is 1.62. The second kappa shape index (κ2) is 31.0. The van der Waals surface area contributed by atoms with Crippen LogP contribution in [0.25, 0.3) is 44.5 Å². The predicted molar refractivity (Wildman–Crippen MR) is 331 cm³/mol. The number of rotatable bonds is 15. The number of hydrogen-bond donors (Lipinski definition) is 3. The van der Waals surface area contributed by atoms with Crippen LogP contribution in [0.1, 0.15) is 130 Å². The topological polar surface area (TPSA) is 158 Å². The van der Waals surface area contributed by atoms with Crippen molar-refractivity contribution in [3.63, 3.8) is 0 Å². The third-order valence-electron chi connectivity index (χ3n) is 13.4. The molecule has 484 valence electrons. The van der Waals surface area contributed by atoms with Gasteiger partial charge >= 0.3 is 42.4 Å². The number of aryl methyl sites for hydroxylation is 1. The van der Waals surface area contributed by atoms with Crippen LogP contribution < -0.4 is 0 Å². The first kappa shape index (κ1) is 73.1. The second-order valence-corrected chi connectivity index (χ2v) is 22.7. The van der Waals surface area contributed by atoms with Crippen molar-refractivity contribution in [2.24, 2.45) is 11.8 Å². The number of halogens is 13. The number of aromatic carboxylic acids is 1. The van der Waals surface area contributed by atoms with Crippen LogP contribution in [0.5, 0.6) is 0 Å². The van der Waals surface area contributed by atoms with Crippen molar-refractivity contribution in [3.05, 3.63) is 185 Å². The molecule has 0 radical (unpaired) electrons. The van der Waals surface area contributed by atoms with Crippen LogP contribution in [0.3, 0.4) is 0 Å².